The molecule has 2 heterocycles. The van der Waals surface area contributed by atoms with Crippen LogP contribution in [0.15, 0.2) is 59.5 Å². The topological polar surface area (TPSA) is 111 Å². The number of aryl methyl sites for hydroxylation is 2. The normalized spacial score (nSPS) is 10.8. The Labute approximate surface area is 183 Å². The molecule has 0 radical (unpaired) electrons. The van der Waals surface area contributed by atoms with E-state index in [0.29, 0.717) is 28.6 Å². The molecule has 0 aliphatic carbocycles. The average molecular weight is 430 g/mol. The number of hydrazine groups is 1. The van der Waals surface area contributed by atoms with Gasteiger partial charge in [-0.3, -0.25) is 25.2 Å². The number of carbonyl (C=O) groups is 2. The van der Waals surface area contributed by atoms with Gasteiger partial charge in [0.2, 0.25) is 0 Å². The number of hydrogen-bond donors (Lipinski definition) is 2. The first-order chi connectivity index (χ1) is 15.4. The predicted octanol–water partition coefficient (Wildman–Crippen LogP) is 2.29. The van der Waals surface area contributed by atoms with Gasteiger partial charge in [0.25, 0.3) is 17.4 Å². The molecule has 0 aliphatic heterocycles. The second-order valence-electron chi connectivity index (χ2n) is 7.32. The van der Waals surface area contributed by atoms with E-state index in [1.54, 1.807) is 42.8 Å². The van der Waals surface area contributed by atoms with Crippen LogP contribution in [0, 0.1) is 13.8 Å². The zero-order valence-corrected chi connectivity index (χ0v) is 17.9. The highest BCUT2D eigenvalue weighted by Crippen LogP contribution is 2.16. The molecule has 0 atom stereocenters. The number of carbonyl (C=O) groups excluding carboxylic acids is 2. The number of aromatic nitrogens is 4. The Morgan fingerprint density at radius 1 is 0.969 bits per heavy atom. The van der Waals surface area contributed by atoms with E-state index in [1.165, 1.54) is 10.9 Å². The van der Waals surface area contributed by atoms with Gasteiger partial charge < -0.3 is 0 Å². The summed E-state index contributed by atoms with van der Waals surface area (Å²) in [6.07, 6.45) is 1.45. The van der Waals surface area contributed by atoms with E-state index in [2.05, 4.69) is 21.0 Å². The molecule has 2 aromatic heterocycles. The van der Waals surface area contributed by atoms with Gasteiger partial charge in [-0.1, -0.05) is 30.3 Å². The highest BCUT2D eigenvalue weighted by atomic mass is 16.2. The lowest BCUT2D eigenvalue weighted by Crippen LogP contribution is -2.43. The number of fused-ring (bicyclic) bond motifs is 1. The quantitative estimate of drug-likeness (QED) is 0.483. The summed E-state index contributed by atoms with van der Waals surface area (Å²) in [6, 6.07) is 14.5. The van der Waals surface area contributed by atoms with E-state index in [9.17, 15) is 14.4 Å². The van der Waals surface area contributed by atoms with Crippen LogP contribution >= 0.6 is 0 Å². The third kappa shape index (κ3) is 3.76. The Morgan fingerprint density at radius 2 is 1.69 bits per heavy atom. The van der Waals surface area contributed by atoms with Gasteiger partial charge in [0, 0.05) is 11.9 Å². The molecule has 0 unspecified atom stereocenters. The molecule has 4 aromatic rings. The molecule has 0 saturated carbocycles. The van der Waals surface area contributed by atoms with Crippen molar-refractivity contribution in [3.63, 3.8) is 0 Å². The minimum atomic E-state index is -0.625. The second-order valence-corrected chi connectivity index (χ2v) is 7.32. The van der Waals surface area contributed by atoms with Crippen molar-refractivity contribution < 1.29 is 9.59 Å². The predicted molar refractivity (Wildman–Crippen MR) is 120 cm³/mol. The third-order valence-corrected chi connectivity index (χ3v) is 5.17. The fraction of sp³-hybridized carbons (Fsp3) is 0.174. The third-order valence-electron chi connectivity index (χ3n) is 5.17. The maximum absolute atomic E-state index is 12.8. The van der Waals surface area contributed by atoms with Crippen LogP contribution in [0.1, 0.15) is 39.0 Å². The summed E-state index contributed by atoms with van der Waals surface area (Å²) in [7, 11) is 0. The van der Waals surface area contributed by atoms with E-state index < -0.39 is 11.8 Å². The van der Waals surface area contributed by atoms with E-state index in [4.69, 9.17) is 0 Å². The molecule has 0 bridgehead atoms. The molecule has 2 amide bonds. The van der Waals surface area contributed by atoms with Crippen LogP contribution in [0.3, 0.4) is 0 Å². The first kappa shape index (κ1) is 21.0. The first-order valence-electron chi connectivity index (χ1n) is 10.1. The van der Waals surface area contributed by atoms with Gasteiger partial charge in [0.15, 0.2) is 5.69 Å². The maximum atomic E-state index is 12.8. The summed E-state index contributed by atoms with van der Waals surface area (Å²) >= 11 is 0. The van der Waals surface area contributed by atoms with Crippen LogP contribution < -0.4 is 16.4 Å². The Hall–Kier alpha value is -4.27. The molecule has 0 aliphatic rings. The molecule has 162 valence electrons. The Morgan fingerprint density at radius 3 is 2.41 bits per heavy atom. The second kappa shape index (κ2) is 8.46. The lowest BCUT2D eigenvalue weighted by Gasteiger charge is -2.11. The Balaban J connectivity index is 1.56. The van der Waals surface area contributed by atoms with Crippen LogP contribution in [-0.4, -0.2) is 31.4 Å². The highest BCUT2D eigenvalue weighted by Gasteiger charge is 2.19. The van der Waals surface area contributed by atoms with Gasteiger partial charge in [-0.05, 0) is 44.5 Å². The summed E-state index contributed by atoms with van der Waals surface area (Å²) in [5.41, 5.74) is 7.44. The van der Waals surface area contributed by atoms with Gasteiger partial charge in [-0.25, -0.2) is 9.36 Å². The molecule has 0 spiro atoms. The molecule has 9 nitrogen and oxygen atoms in total. The number of nitrogens with zero attached hydrogens (tertiary/aromatic N) is 4. The van der Waals surface area contributed by atoms with Crippen molar-refractivity contribution in [1.82, 2.24) is 30.4 Å². The van der Waals surface area contributed by atoms with Gasteiger partial charge in [-0.15, -0.1) is 0 Å². The van der Waals surface area contributed by atoms with Gasteiger partial charge in [0.05, 0.1) is 28.5 Å². The molecule has 4 rings (SSSR count). The fourth-order valence-electron chi connectivity index (χ4n) is 3.51. The van der Waals surface area contributed by atoms with Gasteiger partial charge >= 0.3 is 0 Å². The summed E-state index contributed by atoms with van der Waals surface area (Å²) < 4.78 is 2.88. The molecule has 9 heteroatoms. The molecular weight excluding hydrogens is 408 g/mol. The van der Waals surface area contributed by atoms with Gasteiger partial charge in [-0.2, -0.15) is 10.2 Å². The number of benzene rings is 2. The zero-order valence-electron chi connectivity index (χ0n) is 17.9. The molecule has 0 fully saturated rings. The molecular formula is C23H22N6O3. The van der Waals surface area contributed by atoms with Crippen molar-refractivity contribution in [2.24, 2.45) is 0 Å². The van der Waals surface area contributed by atoms with Crippen molar-refractivity contribution in [2.75, 3.05) is 0 Å². The maximum Gasteiger partial charge on any atom is 0.290 e. The van der Waals surface area contributed by atoms with E-state index in [1.807, 2.05) is 31.2 Å². The SMILES string of the molecule is CCn1nc(C(=O)NNC(=O)c2cnn(-c3cccc(C)c3)c2C)c2ccccc2c1=O. The largest absolute Gasteiger partial charge is 0.290 e. The summed E-state index contributed by atoms with van der Waals surface area (Å²) in [4.78, 5) is 38.0. The fourth-order valence-corrected chi connectivity index (χ4v) is 3.51. The van der Waals surface area contributed by atoms with Crippen LogP contribution in [0.2, 0.25) is 0 Å². The number of rotatable bonds is 4. The van der Waals surface area contributed by atoms with E-state index in [-0.39, 0.29) is 11.3 Å². The molecule has 2 N–H and O–H groups in total. The molecule has 0 saturated heterocycles. The molecule has 2 aromatic carbocycles. The Kier molecular flexibility index (Phi) is 5.55. The highest BCUT2D eigenvalue weighted by molar-refractivity contribution is 6.06. The standard InChI is InChI=1S/C23H22N6O3/c1-4-28-23(32)18-11-6-5-10-17(18)20(27-28)22(31)26-25-21(30)19-13-24-29(15(19)3)16-9-7-8-14(2)12-16/h5-13H,4H2,1-3H3,(H,25,30)(H,26,31). The number of amides is 2. The smallest absolute Gasteiger partial charge is 0.267 e. The zero-order chi connectivity index (χ0) is 22.8. The van der Waals surface area contributed by atoms with Crippen LogP contribution in [-0.2, 0) is 6.54 Å². The summed E-state index contributed by atoms with van der Waals surface area (Å²) in [6.45, 7) is 5.83. The monoisotopic (exact) mass is 430 g/mol. The molecule has 32 heavy (non-hydrogen) atoms. The summed E-state index contributed by atoms with van der Waals surface area (Å²) in [5.74, 6) is -1.14. The minimum Gasteiger partial charge on any atom is -0.267 e. The first-order valence-corrected chi connectivity index (χ1v) is 10.1. The van der Waals surface area contributed by atoms with Crippen molar-refractivity contribution in [1.29, 1.82) is 0 Å². The van der Waals surface area contributed by atoms with E-state index >= 15 is 0 Å². The number of nitrogens with one attached hydrogen (secondary N) is 2. The van der Waals surface area contributed by atoms with Crippen LogP contribution in [0.25, 0.3) is 16.5 Å². The van der Waals surface area contributed by atoms with Crippen LogP contribution in [0.5, 0.6) is 0 Å². The van der Waals surface area contributed by atoms with Crippen molar-refractivity contribution in [3.8, 4) is 5.69 Å². The van der Waals surface area contributed by atoms with Gasteiger partial charge in [0.1, 0.15) is 0 Å². The average Bonchev–Trinajstić information content (AvgIpc) is 3.19. The minimum absolute atomic E-state index is 0.0505. The van der Waals surface area contributed by atoms with E-state index in [0.717, 1.165) is 11.3 Å². The van der Waals surface area contributed by atoms with Crippen LogP contribution in [0.4, 0.5) is 0 Å². The Bertz CT molecular complexity index is 1400. The lowest BCUT2D eigenvalue weighted by atomic mass is 10.1. The number of hydrogen-bond acceptors (Lipinski definition) is 5. The summed E-state index contributed by atoms with van der Waals surface area (Å²) in [5, 5.41) is 9.26. The van der Waals surface area contributed by atoms with Crippen molar-refractivity contribution in [3.05, 3.63) is 87.6 Å². The van der Waals surface area contributed by atoms with Crippen molar-refractivity contribution in [2.45, 2.75) is 27.3 Å². The van der Waals surface area contributed by atoms with Crippen molar-refractivity contribution >= 4 is 22.6 Å². The lowest BCUT2D eigenvalue weighted by molar-refractivity contribution is 0.0843.